The third-order valence-corrected chi connectivity index (χ3v) is 4.26. The number of nitrogens with zero attached hydrogens (tertiary/aromatic N) is 2. The maximum absolute atomic E-state index is 14.1. The van der Waals surface area contributed by atoms with Crippen LogP contribution in [0.5, 0.6) is 0 Å². The number of aromatic nitrogens is 2. The number of allylic oxidation sites excluding steroid dienone is 1. The summed E-state index contributed by atoms with van der Waals surface area (Å²) in [6.07, 6.45) is 2.87. The maximum Gasteiger partial charge on any atom is 0.171 e. The first-order chi connectivity index (χ1) is 11.9. The Morgan fingerprint density at radius 2 is 1.92 bits per heavy atom. The first-order valence-corrected chi connectivity index (χ1v) is 8.20. The van der Waals surface area contributed by atoms with Gasteiger partial charge in [0.15, 0.2) is 6.21 Å². The fourth-order valence-corrected chi connectivity index (χ4v) is 2.80. The van der Waals surface area contributed by atoms with Gasteiger partial charge in [-0.1, -0.05) is 11.6 Å². The highest BCUT2D eigenvalue weighted by Crippen LogP contribution is 2.27. The summed E-state index contributed by atoms with van der Waals surface area (Å²) in [6.45, 7) is 0. The smallest absolute Gasteiger partial charge is 0.171 e. The third-order valence-electron chi connectivity index (χ3n) is 3.54. The van der Waals surface area contributed by atoms with Gasteiger partial charge in [0.25, 0.3) is 0 Å². The molecule has 0 aliphatic heterocycles. The van der Waals surface area contributed by atoms with Crippen LogP contribution in [0.25, 0.3) is 22.3 Å². The van der Waals surface area contributed by atoms with Crippen LogP contribution < -0.4 is 11.1 Å². The first kappa shape index (κ1) is 17.4. The van der Waals surface area contributed by atoms with E-state index >= 15 is 0 Å². The number of benzene rings is 1. The highest BCUT2D eigenvalue weighted by Gasteiger charge is 2.17. The highest BCUT2D eigenvalue weighted by molar-refractivity contribution is 9.10. The molecule has 0 bridgehead atoms. The summed E-state index contributed by atoms with van der Waals surface area (Å²) in [4.78, 5) is 8.68. The zero-order valence-corrected chi connectivity index (χ0v) is 14.9. The summed E-state index contributed by atoms with van der Waals surface area (Å²) >= 11 is 9.06. The average Bonchev–Trinajstić information content (AvgIpc) is 2.58. The van der Waals surface area contributed by atoms with Gasteiger partial charge in [-0.25, -0.2) is 13.8 Å². The van der Waals surface area contributed by atoms with E-state index in [0.717, 1.165) is 10.5 Å². The Labute approximate surface area is 155 Å². The van der Waals surface area contributed by atoms with E-state index in [-0.39, 0.29) is 16.3 Å². The van der Waals surface area contributed by atoms with Crippen molar-refractivity contribution in [3.8, 4) is 0 Å². The molecule has 4 N–H and O–H groups in total. The van der Waals surface area contributed by atoms with Gasteiger partial charge in [0, 0.05) is 22.3 Å². The Morgan fingerprint density at radius 3 is 2.64 bits per heavy atom. The van der Waals surface area contributed by atoms with Crippen molar-refractivity contribution in [3.05, 3.63) is 68.9 Å². The molecule has 0 saturated heterocycles. The zero-order valence-electron chi connectivity index (χ0n) is 12.6. The molecule has 3 aromatic rings. The molecule has 2 heterocycles. The van der Waals surface area contributed by atoms with Gasteiger partial charge in [-0.3, -0.25) is 10.4 Å². The summed E-state index contributed by atoms with van der Waals surface area (Å²) in [7, 11) is 0. The first-order valence-electron chi connectivity index (χ1n) is 7.03. The molecule has 0 amide bonds. The number of hydrogen-bond acceptors (Lipinski definition) is 3. The van der Waals surface area contributed by atoms with E-state index in [1.54, 1.807) is 24.4 Å². The minimum Gasteiger partial charge on any atom is -0.397 e. The molecule has 0 saturated carbocycles. The number of nitrogens with two attached hydrogens (primary N) is 2. The summed E-state index contributed by atoms with van der Waals surface area (Å²) in [5.74, 6) is -1.71. The topological polar surface area (TPSA) is 77.4 Å². The van der Waals surface area contributed by atoms with Crippen molar-refractivity contribution in [2.24, 2.45) is 5.73 Å². The van der Waals surface area contributed by atoms with Gasteiger partial charge >= 0.3 is 0 Å². The maximum atomic E-state index is 14.1. The third kappa shape index (κ3) is 3.38. The van der Waals surface area contributed by atoms with Crippen LogP contribution in [-0.4, -0.2) is 16.2 Å². The standard InChI is InChI=1S/C17H10BrClF2N4/c18-8-3-16-15(24-7-8)2-1-14(25-16)10(6-22)17(23)9-4-11(19)13(21)5-12(9)20/h1-7,22H,23H2/p+1/b17-10+,22-6?. The molecular formula is C17H11BrClF2N4+. The van der Waals surface area contributed by atoms with Crippen molar-refractivity contribution in [1.29, 1.82) is 0 Å². The molecule has 0 radical (unpaired) electrons. The Morgan fingerprint density at radius 1 is 1.16 bits per heavy atom. The van der Waals surface area contributed by atoms with Crippen molar-refractivity contribution in [1.82, 2.24) is 9.97 Å². The van der Waals surface area contributed by atoms with Crippen molar-refractivity contribution < 1.29 is 14.2 Å². The van der Waals surface area contributed by atoms with Gasteiger partial charge in [0.1, 0.15) is 11.6 Å². The van der Waals surface area contributed by atoms with Crippen LogP contribution in [0.1, 0.15) is 11.3 Å². The molecule has 0 unspecified atom stereocenters. The molecule has 3 rings (SSSR count). The van der Waals surface area contributed by atoms with E-state index in [4.69, 9.17) is 22.7 Å². The molecule has 8 heteroatoms. The van der Waals surface area contributed by atoms with Gasteiger partial charge in [-0.05, 0) is 40.2 Å². The molecule has 0 atom stereocenters. The number of halogens is 4. The summed E-state index contributed by atoms with van der Waals surface area (Å²) in [5.41, 5.74) is 8.00. The summed E-state index contributed by atoms with van der Waals surface area (Å²) in [5, 5.41) is 5.44. The van der Waals surface area contributed by atoms with Crippen LogP contribution in [-0.2, 0) is 0 Å². The lowest BCUT2D eigenvalue weighted by Gasteiger charge is -2.09. The quantitative estimate of drug-likeness (QED) is 0.501. The van der Waals surface area contributed by atoms with E-state index in [2.05, 4.69) is 25.9 Å². The van der Waals surface area contributed by atoms with Gasteiger partial charge in [-0.2, -0.15) is 0 Å². The van der Waals surface area contributed by atoms with Crippen LogP contribution in [0.15, 0.2) is 41.0 Å². The van der Waals surface area contributed by atoms with Crippen LogP contribution in [0, 0.1) is 11.6 Å². The fraction of sp³-hybridized carbons (Fsp3) is 0. The largest absolute Gasteiger partial charge is 0.397 e. The zero-order chi connectivity index (χ0) is 18.1. The van der Waals surface area contributed by atoms with E-state index in [0.29, 0.717) is 28.4 Å². The van der Waals surface area contributed by atoms with E-state index in [9.17, 15) is 8.78 Å². The molecule has 0 aliphatic rings. The van der Waals surface area contributed by atoms with E-state index in [1.165, 1.54) is 6.21 Å². The van der Waals surface area contributed by atoms with Gasteiger partial charge in [0.2, 0.25) is 0 Å². The normalized spacial score (nSPS) is 12.2. The lowest BCUT2D eigenvalue weighted by Crippen LogP contribution is -2.31. The van der Waals surface area contributed by atoms with E-state index in [1.807, 2.05) is 0 Å². The molecule has 126 valence electrons. The predicted octanol–water partition coefficient (Wildman–Crippen LogP) is 2.98. The number of pyridine rings is 2. The van der Waals surface area contributed by atoms with Gasteiger partial charge in [0.05, 0.1) is 33.0 Å². The SMILES string of the molecule is N/C(=C(\C=[NH2+])c1ccc2ncc(Br)cc2n1)c1cc(Cl)c(F)cc1F. The Balaban J connectivity index is 2.20. The Bertz CT molecular complexity index is 1040. The molecule has 2 aromatic heterocycles. The lowest BCUT2D eigenvalue weighted by atomic mass is 10.0. The number of fused-ring (bicyclic) bond motifs is 1. The summed E-state index contributed by atoms with van der Waals surface area (Å²) < 4.78 is 28.2. The molecular weight excluding hydrogens is 414 g/mol. The fourth-order valence-electron chi connectivity index (χ4n) is 2.32. The average molecular weight is 425 g/mol. The lowest BCUT2D eigenvalue weighted by molar-refractivity contribution is -0.103. The molecule has 0 aliphatic carbocycles. The number of hydrogen-bond donors (Lipinski definition) is 2. The second-order valence-corrected chi connectivity index (χ2v) is 6.45. The van der Waals surface area contributed by atoms with Crippen molar-refractivity contribution >= 4 is 56.0 Å². The van der Waals surface area contributed by atoms with Crippen LogP contribution in [0.3, 0.4) is 0 Å². The highest BCUT2D eigenvalue weighted by atomic mass is 79.9. The minimum atomic E-state index is -0.867. The van der Waals surface area contributed by atoms with Crippen molar-refractivity contribution in [3.63, 3.8) is 0 Å². The van der Waals surface area contributed by atoms with Crippen molar-refractivity contribution in [2.75, 3.05) is 0 Å². The van der Waals surface area contributed by atoms with Gasteiger partial charge in [-0.15, -0.1) is 0 Å². The molecule has 0 fully saturated rings. The summed E-state index contributed by atoms with van der Waals surface area (Å²) in [6, 6.07) is 6.98. The van der Waals surface area contributed by atoms with Crippen LogP contribution in [0.2, 0.25) is 5.02 Å². The number of rotatable bonds is 3. The Hall–Kier alpha value is -2.38. The van der Waals surface area contributed by atoms with Gasteiger partial charge < -0.3 is 5.73 Å². The van der Waals surface area contributed by atoms with Crippen molar-refractivity contribution in [2.45, 2.75) is 0 Å². The predicted molar refractivity (Wildman–Crippen MR) is 97.6 cm³/mol. The minimum absolute atomic E-state index is 0.00305. The van der Waals surface area contributed by atoms with Crippen LogP contribution in [0.4, 0.5) is 8.78 Å². The molecule has 4 nitrogen and oxygen atoms in total. The molecule has 25 heavy (non-hydrogen) atoms. The second kappa shape index (κ2) is 6.85. The molecule has 0 spiro atoms. The van der Waals surface area contributed by atoms with E-state index < -0.39 is 11.6 Å². The molecule has 1 aromatic carbocycles. The van der Waals surface area contributed by atoms with Crippen LogP contribution >= 0.6 is 27.5 Å². The Kier molecular flexibility index (Phi) is 4.78. The monoisotopic (exact) mass is 423 g/mol. The second-order valence-electron chi connectivity index (χ2n) is 5.13.